The Labute approximate surface area is 142 Å². The molecular weight excluding hydrogens is 329 g/mol. The molecule has 0 saturated carbocycles. The fourth-order valence-electron chi connectivity index (χ4n) is 2.42. The van der Waals surface area contributed by atoms with Gasteiger partial charge in [0.2, 0.25) is 10.0 Å². The summed E-state index contributed by atoms with van der Waals surface area (Å²) >= 11 is 0. The van der Waals surface area contributed by atoms with Crippen molar-refractivity contribution >= 4 is 10.0 Å². The van der Waals surface area contributed by atoms with Crippen molar-refractivity contribution in [2.45, 2.75) is 12.8 Å². The molecule has 2 rings (SSSR count). The minimum atomic E-state index is -3.44. The quantitative estimate of drug-likeness (QED) is 0.735. The van der Waals surface area contributed by atoms with E-state index in [1.54, 1.807) is 32.4 Å². The number of benzene rings is 2. The lowest BCUT2D eigenvalue weighted by molar-refractivity contribution is 0.406. The Bertz CT molecular complexity index is 777. The van der Waals surface area contributed by atoms with Crippen molar-refractivity contribution in [3.63, 3.8) is 0 Å². The Morgan fingerprint density at radius 3 is 2.29 bits per heavy atom. The van der Waals surface area contributed by atoms with Crippen molar-refractivity contribution in [3.05, 3.63) is 65.5 Å². The largest absolute Gasteiger partial charge is 0.496 e. The van der Waals surface area contributed by atoms with Crippen molar-refractivity contribution < 1.29 is 17.5 Å². The molecule has 0 heterocycles. The summed E-state index contributed by atoms with van der Waals surface area (Å²) in [5.74, 6) is 0.259. The molecule has 0 atom stereocenters. The second-order valence-corrected chi connectivity index (χ2v) is 7.74. The number of halogens is 1. The van der Waals surface area contributed by atoms with Crippen molar-refractivity contribution in [2.75, 3.05) is 26.5 Å². The number of methoxy groups -OCH3 is 1. The molecule has 0 aliphatic carbocycles. The zero-order valence-electron chi connectivity index (χ0n) is 13.9. The van der Waals surface area contributed by atoms with Gasteiger partial charge in [-0.15, -0.1) is 0 Å². The van der Waals surface area contributed by atoms with Crippen LogP contribution in [0.1, 0.15) is 11.1 Å². The maximum absolute atomic E-state index is 13.6. The molecule has 2 aromatic rings. The molecule has 0 fully saturated rings. The first-order valence-electron chi connectivity index (χ1n) is 7.73. The van der Waals surface area contributed by atoms with Gasteiger partial charge < -0.3 is 4.74 Å². The molecule has 0 aliphatic rings. The van der Waals surface area contributed by atoms with E-state index in [1.165, 1.54) is 10.4 Å². The van der Waals surface area contributed by atoms with Crippen LogP contribution >= 0.6 is 0 Å². The van der Waals surface area contributed by atoms with Gasteiger partial charge in [-0.05, 0) is 36.1 Å². The number of hydrogen-bond donors (Lipinski definition) is 0. The Morgan fingerprint density at radius 2 is 1.62 bits per heavy atom. The summed E-state index contributed by atoms with van der Waals surface area (Å²) in [5, 5.41) is 0. The zero-order valence-corrected chi connectivity index (χ0v) is 14.7. The van der Waals surface area contributed by atoms with E-state index in [0.717, 1.165) is 11.3 Å². The lowest BCUT2D eigenvalue weighted by Gasteiger charge is -2.18. The Balaban J connectivity index is 1.95. The fourth-order valence-corrected chi connectivity index (χ4v) is 3.58. The molecule has 130 valence electrons. The smallest absolute Gasteiger partial charge is 0.214 e. The highest BCUT2D eigenvalue weighted by molar-refractivity contribution is 7.89. The lowest BCUT2D eigenvalue weighted by Crippen LogP contribution is -2.32. The van der Waals surface area contributed by atoms with Crippen LogP contribution in [0.3, 0.4) is 0 Å². The maximum atomic E-state index is 13.6. The molecule has 0 aromatic heterocycles. The Kier molecular flexibility index (Phi) is 6.34. The van der Waals surface area contributed by atoms with Gasteiger partial charge in [0.25, 0.3) is 0 Å². The number of ether oxygens (including phenoxy) is 1. The number of rotatable bonds is 8. The number of para-hydroxylation sites is 1. The van der Waals surface area contributed by atoms with Crippen LogP contribution in [0.15, 0.2) is 48.5 Å². The van der Waals surface area contributed by atoms with E-state index in [0.29, 0.717) is 18.5 Å². The highest BCUT2D eigenvalue weighted by Crippen LogP contribution is 2.18. The van der Waals surface area contributed by atoms with Crippen LogP contribution in [0.5, 0.6) is 5.75 Å². The second-order valence-electron chi connectivity index (χ2n) is 5.54. The third-order valence-electron chi connectivity index (χ3n) is 3.95. The average molecular weight is 351 g/mol. The van der Waals surface area contributed by atoms with Gasteiger partial charge in [0.1, 0.15) is 11.6 Å². The summed E-state index contributed by atoms with van der Waals surface area (Å²) in [5.41, 5.74) is 1.37. The first-order chi connectivity index (χ1) is 11.4. The highest BCUT2D eigenvalue weighted by Gasteiger charge is 2.18. The summed E-state index contributed by atoms with van der Waals surface area (Å²) in [6.45, 7) is 0.347. The Morgan fingerprint density at radius 1 is 1.00 bits per heavy atom. The van der Waals surface area contributed by atoms with Gasteiger partial charge in [-0.3, -0.25) is 0 Å². The van der Waals surface area contributed by atoms with E-state index in [4.69, 9.17) is 4.74 Å². The number of hydrogen-bond acceptors (Lipinski definition) is 3. The van der Waals surface area contributed by atoms with Crippen LogP contribution in [0.25, 0.3) is 0 Å². The summed E-state index contributed by atoms with van der Waals surface area (Å²) in [7, 11) is -0.300. The van der Waals surface area contributed by atoms with Crippen molar-refractivity contribution in [1.29, 1.82) is 0 Å². The van der Waals surface area contributed by atoms with E-state index in [-0.39, 0.29) is 18.0 Å². The predicted octanol–water partition coefficient (Wildman–Crippen LogP) is 2.88. The van der Waals surface area contributed by atoms with Crippen LogP contribution in [0.2, 0.25) is 0 Å². The number of aryl methyl sites for hydroxylation is 1. The molecule has 0 unspecified atom stereocenters. The minimum Gasteiger partial charge on any atom is -0.496 e. The molecule has 0 bridgehead atoms. The van der Waals surface area contributed by atoms with Gasteiger partial charge in [-0.2, -0.15) is 0 Å². The van der Waals surface area contributed by atoms with E-state index >= 15 is 0 Å². The number of likely N-dealkylation sites (N-methyl/N-ethyl adjacent to an activating group) is 1. The summed E-state index contributed by atoms with van der Waals surface area (Å²) in [4.78, 5) is 0. The molecule has 6 heteroatoms. The highest BCUT2D eigenvalue weighted by atomic mass is 32.2. The van der Waals surface area contributed by atoms with Crippen molar-refractivity contribution in [3.8, 4) is 5.75 Å². The van der Waals surface area contributed by atoms with E-state index in [2.05, 4.69) is 0 Å². The average Bonchev–Trinajstić information content (AvgIpc) is 2.59. The first-order valence-corrected chi connectivity index (χ1v) is 9.34. The lowest BCUT2D eigenvalue weighted by atomic mass is 10.1. The summed E-state index contributed by atoms with van der Waals surface area (Å²) < 4.78 is 44.9. The third kappa shape index (κ3) is 4.79. The zero-order chi connectivity index (χ0) is 17.6. The van der Waals surface area contributed by atoms with Crippen LogP contribution in [-0.2, 0) is 22.9 Å². The molecule has 4 nitrogen and oxygen atoms in total. The topological polar surface area (TPSA) is 46.6 Å². The third-order valence-corrected chi connectivity index (χ3v) is 5.80. The second kappa shape index (κ2) is 8.26. The van der Waals surface area contributed by atoms with Crippen molar-refractivity contribution in [2.24, 2.45) is 0 Å². The molecular formula is C18H22FNO3S. The van der Waals surface area contributed by atoms with Crippen LogP contribution in [0.4, 0.5) is 4.39 Å². The first kappa shape index (κ1) is 18.4. The minimum absolute atomic E-state index is 0.115. The number of sulfonamides is 1. The van der Waals surface area contributed by atoms with Crippen LogP contribution in [-0.4, -0.2) is 39.2 Å². The summed E-state index contributed by atoms with van der Waals surface area (Å²) in [6.07, 6.45) is 0.716. The standard InChI is InChI=1S/C18H22FNO3S/c1-20(13-11-16-8-4-6-10-18(16)23-2)24(21,22)14-12-15-7-3-5-9-17(15)19/h3-10H,11-14H2,1-2H3. The molecule has 0 saturated heterocycles. The Hall–Kier alpha value is -1.92. The molecule has 0 N–H and O–H groups in total. The van der Waals surface area contributed by atoms with Crippen molar-refractivity contribution in [1.82, 2.24) is 4.31 Å². The fraction of sp³-hybridized carbons (Fsp3) is 0.333. The summed E-state index contributed by atoms with van der Waals surface area (Å²) in [6, 6.07) is 13.8. The molecule has 2 aromatic carbocycles. The molecule has 0 amide bonds. The van der Waals surface area contributed by atoms with E-state index in [9.17, 15) is 12.8 Å². The maximum Gasteiger partial charge on any atom is 0.214 e. The predicted molar refractivity (Wildman–Crippen MR) is 93.2 cm³/mol. The SMILES string of the molecule is COc1ccccc1CCN(C)S(=O)(=O)CCc1ccccc1F. The number of nitrogens with zero attached hydrogens (tertiary/aromatic N) is 1. The van der Waals surface area contributed by atoms with Gasteiger partial charge in [0.15, 0.2) is 0 Å². The van der Waals surface area contributed by atoms with Gasteiger partial charge >= 0.3 is 0 Å². The van der Waals surface area contributed by atoms with Gasteiger partial charge in [-0.25, -0.2) is 17.1 Å². The molecule has 24 heavy (non-hydrogen) atoms. The van der Waals surface area contributed by atoms with Gasteiger partial charge in [0, 0.05) is 13.6 Å². The van der Waals surface area contributed by atoms with Crippen LogP contribution < -0.4 is 4.74 Å². The van der Waals surface area contributed by atoms with Gasteiger partial charge in [-0.1, -0.05) is 36.4 Å². The molecule has 0 spiro atoms. The van der Waals surface area contributed by atoms with Gasteiger partial charge in [0.05, 0.1) is 12.9 Å². The molecule has 0 radical (unpaired) electrons. The van der Waals surface area contributed by atoms with Crippen LogP contribution in [0, 0.1) is 5.82 Å². The monoisotopic (exact) mass is 351 g/mol. The molecule has 0 aliphatic heterocycles. The normalized spacial score (nSPS) is 11.7. The van der Waals surface area contributed by atoms with E-state index in [1.807, 2.05) is 24.3 Å². The van der Waals surface area contributed by atoms with E-state index < -0.39 is 10.0 Å².